The lowest BCUT2D eigenvalue weighted by atomic mass is 10.3. The zero-order valence-electron chi connectivity index (χ0n) is 13.3. The normalized spacial score (nSPS) is 10.8. The van der Waals surface area contributed by atoms with Crippen LogP contribution in [0.2, 0.25) is 5.02 Å². The van der Waals surface area contributed by atoms with Crippen LogP contribution in [0.5, 0.6) is 5.75 Å². The zero-order valence-corrected chi connectivity index (χ0v) is 14.1. The summed E-state index contributed by atoms with van der Waals surface area (Å²) in [6, 6.07) is 15.1. The molecule has 4 rings (SSSR count). The van der Waals surface area contributed by atoms with Crippen LogP contribution in [0.25, 0.3) is 16.7 Å². The van der Waals surface area contributed by atoms with Gasteiger partial charge in [-0.05, 0) is 36.4 Å². The number of aromatic nitrogens is 4. The first-order chi connectivity index (χ1) is 12.2. The molecule has 0 saturated carbocycles. The Balaban J connectivity index is 1.75. The van der Waals surface area contributed by atoms with E-state index in [1.165, 1.54) is 6.33 Å². The summed E-state index contributed by atoms with van der Waals surface area (Å²) in [6.07, 6.45) is 3.26. The average molecular weight is 352 g/mol. The molecule has 25 heavy (non-hydrogen) atoms. The van der Waals surface area contributed by atoms with Crippen LogP contribution in [0.4, 0.5) is 11.5 Å². The van der Waals surface area contributed by atoms with Gasteiger partial charge in [0.15, 0.2) is 5.65 Å². The topological polar surface area (TPSA) is 64.9 Å². The molecule has 7 heteroatoms. The monoisotopic (exact) mass is 351 g/mol. The van der Waals surface area contributed by atoms with Gasteiger partial charge in [0.25, 0.3) is 0 Å². The van der Waals surface area contributed by atoms with Crippen molar-refractivity contribution in [3.63, 3.8) is 0 Å². The minimum absolute atomic E-state index is 0.676. The highest BCUT2D eigenvalue weighted by atomic mass is 35.5. The van der Waals surface area contributed by atoms with Gasteiger partial charge in [-0.1, -0.05) is 17.7 Å². The largest absolute Gasteiger partial charge is 0.497 e. The molecule has 2 aromatic heterocycles. The van der Waals surface area contributed by atoms with Crippen LogP contribution >= 0.6 is 11.6 Å². The summed E-state index contributed by atoms with van der Waals surface area (Å²) >= 11 is 5.96. The van der Waals surface area contributed by atoms with Gasteiger partial charge < -0.3 is 10.1 Å². The summed E-state index contributed by atoms with van der Waals surface area (Å²) in [6.45, 7) is 0. The molecular formula is C18H14ClN5O. The predicted molar refractivity (Wildman–Crippen MR) is 97.9 cm³/mol. The van der Waals surface area contributed by atoms with Crippen LogP contribution in [0.3, 0.4) is 0 Å². The maximum atomic E-state index is 5.96. The molecule has 0 amide bonds. The van der Waals surface area contributed by atoms with Crippen LogP contribution in [0.15, 0.2) is 61.1 Å². The van der Waals surface area contributed by atoms with Gasteiger partial charge in [-0.2, -0.15) is 5.10 Å². The summed E-state index contributed by atoms with van der Waals surface area (Å²) < 4.78 is 7.01. The van der Waals surface area contributed by atoms with Crippen molar-refractivity contribution in [2.75, 3.05) is 12.4 Å². The molecule has 0 bridgehead atoms. The molecular weight excluding hydrogens is 338 g/mol. The molecule has 0 aliphatic carbocycles. The Bertz CT molecular complexity index is 1030. The third-order valence-electron chi connectivity index (χ3n) is 3.77. The lowest BCUT2D eigenvalue weighted by Crippen LogP contribution is -1.99. The van der Waals surface area contributed by atoms with Crippen molar-refractivity contribution in [3.05, 3.63) is 66.1 Å². The van der Waals surface area contributed by atoms with E-state index in [0.717, 1.165) is 22.5 Å². The van der Waals surface area contributed by atoms with Crippen molar-refractivity contribution in [3.8, 4) is 11.4 Å². The van der Waals surface area contributed by atoms with E-state index in [4.69, 9.17) is 16.3 Å². The standard InChI is InChI=1S/C18H14ClN5O/c1-25-15-4-2-3-13(9-15)23-17-16-10-22-24(18(16)21-11-20-17)14-7-5-12(19)6-8-14/h2-11H,1H3,(H,20,21,23). The fraction of sp³-hybridized carbons (Fsp3) is 0.0556. The molecule has 2 aromatic carbocycles. The Labute approximate surface area is 149 Å². The van der Waals surface area contributed by atoms with Gasteiger partial charge in [-0.15, -0.1) is 0 Å². The SMILES string of the molecule is COc1cccc(Nc2ncnc3c2cnn3-c2ccc(Cl)cc2)c1. The molecule has 1 N–H and O–H groups in total. The molecule has 0 spiro atoms. The van der Waals surface area contributed by atoms with E-state index in [9.17, 15) is 0 Å². The van der Waals surface area contributed by atoms with Crippen molar-refractivity contribution < 1.29 is 4.74 Å². The number of anilines is 2. The molecule has 0 fully saturated rings. The number of fused-ring (bicyclic) bond motifs is 1. The van der Waals surface area contributed by atoms with Crippen molar-refractivity contribution in [2.24, 2.45) is 0 Å². The molecule has 0 atom stereocenters. The molecule has 6 nitrogen and oxygen atoms in total. The molecule has 0 unspecified atom stereocenters. The van der Waals surface area contributed by atoms with E-state index in [2.05, 4.69) is 20.4 Å². The van der Waals surface area contributed by atoms with Crippen molar-refractivity contribution >= 4 is 34.1 Å². The second-order valence-corrected chi connectivity index (χ2v) is 5.79. The number of nitrogens with one attached hydrogen (secondary N) is 1. The third-order valence-corrected chi connectivity index (χ3v) is 4.02. The highest BCUT2D eigenvalue weighted by molar-refractivity contribution is 6.30. The first-order valence-electron chi connectivity index (χ1n) is 7.60. The maximum absolute atomic E-state index is 5.96. The third kappa shape index (κ3) is 2.99. The predicted octanol–water partition coefficient (Wildman–Crippen LogP) is 4.22. The van der Waals surface area contributed by atoms with Gasteiger partial charge >= 0.3 is 0 Å². The van der Waals surface area contributed by atoms with Crippen molar-refractivity contribution in [2.45, 2.75) is 0 Å². The molecule has 0 saturated heterocycles. The second kappa shape index (κ2) is 6.41. The summed E-state index contributed by atoms with van der Waals surface area (Å²) in [5, 5.41) is 9.22. The Kier molecular flexibility index (Phi) is 3.95. The van der Waals surface area contributed by atoms with Gasteiger partial charge in [-0.3, -0.25) is 0 Å². The number of nitrogens with zero attached hydrogens (tertiary/aromatic N) is 4. The molecule has 124 valence electrons. The minimum Gasteiger partial charge on any atom is -0.497 e. The number of halogens is 1. The van der Waals surface area contributed by atoms with E-state index >= 15 is 0 Å². The number of hydrogen-bond donors (Lipinski definition) is 1. The number of ether oxygens (including phenoxy) is 1. The van der Waals surface area contributed by atoms with Gasteiger partial charge in [0.05, 0.1) is 24.4 Å². The van der Waals surface area contributed by atoms with Crippen LogP contribution in [0, 0.1) is 0 Å². The summed E-state index contributed by atoms with van der Waals surface area (Å²) in [7, 11) is 1.64. The van der Waals surface area contributed by atoms with Crippen LogP contribution in [-0.4, -0.2) is 26.9 Å². The molecule has 0 radical (unpaired) electrons. The molecule has 0 aliphatic rings. The number of hydrogen-bond acceptors (Lipinski definition) is 5. The van der Waals surface area contributed by atoms with Gasteiger partial charge in [0.1, 0.15) is 17.9 Å². The summed E-state index contributed by atoms with van der Waals surface area (Å²) in [5.41, 5.74) is 2.46. The van der Waals surface area contributed by atoms with E-state index < -0.39 is 0 Å². The van der Waals surface area contributed by atoms with Crippen LogP contribution in [-0.2, 0) is 0 Å². The highest BCUT2D eigenvalue weighted by Gasteiger charge is 2.11. The fourth-order valence-electron chi connectivity index (χ4n) is 2.55. The molecule has 0 aliphatic heterocycles. The smallest absolute Gasteiger partial charge is 0.168 e. The Morgan fingerprint density at radius 2 is 1.92 bits per heavy atom. The van der Waals surface area contributed by atoms with E-state index in [0.29, 0.717) is 16.5 Å². The highest BCUT2D eigenvalue weighted by Crippen LogP contribution is 2.26. The van der Waals surface area contributed by atoms with E-state index in [-0.39, 0.29) is 0 Å². The van der Waals surface area contributed by atoms with Crippen molar-refractivity contribution in [1.29, 1.82) is 0 Å². The molecule has 2 heterocycles. The minimum atomic E-state index is 0.676. The number of benzene rings is 2. The zero-order chi connectivity index (χ0) is 17.2. The Hall–Kier alpha value is -3.12. The number of rotatable bonds is 4. The first-order valence-corrected chi connectivity index (χ1v) is 7.98. The summed E-state index contributed by atoms with van der Waals surface area (Å²) in [5.74, 6) is 1.45. The van der Waals surface area contributed by atoms with E-state index in [1.807, 2.05) is 48.5 Å². The fourth-order valence-corrected chi connectivity index (χ4v) is 2.68. The maximum Gasteiger partial charge on any atom is 0.168 e. The second-order valence-electron chi connectivity index (χ2n) is 5.35. The first kappa shape index (κ1) is 15.4. The Morgan fingerprint density at radius 1 is 1.08 bits per heavy atom. The molecule has 4 aromatic rings. The Morgan fingerprint density at radius 3 is 2.72 bits per heavy atom. The van der Waals surface area contributed by atoms with Gasteiger partial charge in [0, 0.05) is 16.8 Å². The lowest BCUT2D eigenvalue weighted by molar-refractivity contribution is 0.415. The average Bonchev–Trinajstić information content (AvgIpc) is 3.08. The number of methoxy groups -OCH3 is 1. The quantitative estimate of drug-likeness (QED) is 0.596. The van der Waals surface area contributed by atoms with E-state index in [1.54, 1.807) is 18.0 Å². The van der Waals surface area contributed by atoms with Gasteiger partial charge in [0.2, 0.25) is 0 Å². The van der Waals surface area contributed by atoms with Crippen molar-refractivity contribution in [1.82, 2.24) is 19.7 Å². The van der Waals surface area contributed by atoms with Crippen LogP contribution in [0.1, 0.15) is 0 Å². The van der Waals surface area contributed by atoms with Crippen LogP contribution < -0.4 is 10.1 Å². The lowest BCUT2D eigenvalue weighted by Gasteiger charge is -2.08. The van der Waals surface area contributed by atoms with Gasteiger partial charge in [-0.25, -0.2) is 14.6 Å². The summed E-state index contributed by atoms with van der Waals surface area (Å²) in [4.78, 5) is 8.71.